The quantitative estimate of drug-likeness (QED) is 0.609. The molecule has 18 heavy (non-hydrogen) atoms. The van der Waals surface area contributed by atoms with Gasteiger partial charge in [0.25, 0.3) is 0 Å². The molecule has 0 aromatic carbocycles. The number of nitrogens with zero attached hydrogens (tertiary/aromatic N) is 1. The molecule has 0 aliphatic rings. The first kappa shape index (κ1) is 17.4. The normalized spacial score (nSPS) is 14.6. The molecule has 4 heteroatoms. The molecule has 0 spiro atoms. The molecule has 0 radical (unpaired) electrons. The summed E-state index contributed by atoms with van der Waals surface area (Å²) in [4.78, 5) is 14.4. The van der Waals surface area contributed by atoms with Crippen molar-refractivity contribution in [2.24, 2.45) is 0 Å². The summed E-state index contributed by atoms with van der Waals surface area (Å²) < 4.78 is 5.19. The lowest BCUT2D eigenvalue weighted by Crippen LogP contribution is -2.57. The second-order valence-corrected chi connectivity index (χ2v) is 4.86. The highest BCUT2D eigenvalue weighted by Crippen LogP contribution is 2.11. The molecular formula is C14H30N2O2. The third-order valence-electron chi connectivity index (χ3n) is 2.91. The topological polar surface area (TPSA) is 41.6 Å². The third-order valence-corrected chi connectivity index (χ3v) is 2.91. The number of hydrogen-bond acceptors (Lipinski definition) is 4. The van der Waals surface area contributed by atoms with E-state index in [1.807, 2.05) is 20.8 Å². The molecule has 1 atom stereocenters. The van der Waals surface area contributed by atoms with E-state index < -0.39 is 5.54 Å². The van der Waals surface area contributed by atoms with Crippen molar-refractivity contribution in [1.82, 2.24) is 10.2 Å². The van der Waals surface area contributed by atoms with Crippen LogP contribution in [0, 0.1) is 0 Å². The van der Waals surface area contributed by atoms with E-state index in [0.717, 1.165) is 32.5 Å². The minimum Gasteiger partial charge on any atom is -0.465 e. The van der Waals surface area contributed by atoms with Crippen LogP contribution in [0.25, 0.3) is 0 Å². The van der Waals surface area contributed by atoms with Crippen molar-refractivity contribution in [3.05, 3.63) is 0 Å². The largest absolute Gasteiger partial charge is 0.465 e. The molecule has 108 valence electrons. The van der Waals surface area contributed by atoms with Gasteiger partial charge in [-0.3, -0.25) is 4.79 Å². The summed E-state index contributed by atoms with van der Waals surface area (Å²) in [5.74, 6) is -0.149. The fraction of sp³-hybridized carbons (Fsp3) is 0.929. The summed E-state index contributed by atoms with van der Waals surface area (Å²) in [5, 5.41) is 3.27. The van der Waals surface area contributed by atoms with E-state index in [1.165, 1.54) is 0 Å². The van der Waals surface area contributed by atoms with Gasteiger partial charge < -0.3 is 15.0 Å². The highest BCUT2D eigenvalue weighted by molar-refractivity contribution is 5.80. The van der Waals surface area contributed by atoms with Crippen LogP contribution < -0.4 is 5.32 Å². The van der Waals surface area contributed by atoms with Gasteiger partial charge in [-0.05, 0) is 46.3 Å². The lowest BCUT2D eigenvalue weighted by molar-refractivity contribution is -0.151. The van der Waals surface area contributed by atoms with Crippen LogP contribution in [0.15, 0.2) is 0 Å². The van der Waals surface area contributed by atoms with Gasteiger partial charge in [0.05, 0.1) is 6.61 Å². The fourth-order valence-electron chi connectivity index (χ4n) is 2.22. The first-order valence-electron chi connectivity index (χ1n) is 7.18. The number of carbonyl (C=O) groups is 1. The van der Waals surface area contributed by atoms with Gasteiger partial charge in [0.2, 0.25) is 0 Å². The molecule has 0 aromatic rings. The van der Waals surface area contributed by atoms with Gasteiger partial charge >= 0.3 is 5.97 Å². The molecule has 1 unspecified atom stereocenters. The Labute approximate surface area is 112 Å². The maximum Gasteiger partial charge on any atom is 0.327 e. The van der Waals surface area contributed by atoms with Crippen LogP contribution in [0.5, 0.6) is 0 Å². The van der Waals surface area contributed by atoms with Gasteiger partial charge in [-0.15, -0.1) is 0 Å². The molecule has 0 aromatic heterocycles. The van der Waals surface area contributed by atoms with Gasteiger partial charge in [-0.1, -0.05) is 20.8 Å². The van der Waals surface area contributed by atoms with Crippen LogP contribution in [0.2, 0.25) is 0 Å². The van der Waals surface area contributed by atoms with Gasteiger partial charge in [0.1, 0.15) is 5.54 Å². The highest BCUT2D eigenvalue weighted by Gasteiger charge is 2.35. The van der Waals surface area contributed by atoms with E-state index in [1.54, 1.807) is 0 Å². The summed E-state index contributed by atoms with van der Waals surface area (Å²) >= 11 is 0. The van der Waals surface area contributed by atoms with Gasteiger partial charge in [0.15, 0.2) is 0 Å². The molecular weight excluding hydrogens is 228 g/mol. The lowest BCUT2D eigenvalue weighted by Gasteiger charge is -2.34. The summed E-state index contributed by atoms with van der Waals surface area (Å²) in [6.07, 6.45) is 2.20. The molecule has 0 aliphatic carbocycles. The average Bonchev–Trinajstić information content (AvgIpc) is 2.30. The number of hydrogen-bond donors (Lipinski definition) is 1. The Morgan fingerprint density at radius 3 is 2.11 bits per heavy atom. The highest BCUT2D eigenvalue weighted by atomic mass is 16.5. The van der Waals surface area contributed by atoms with Crippen LogP contribution in [0.1, 0.15) is 47.5 Å². The smallest absolute Gasteiger partial charge is 0.327 e. The van der Waals surface area contributed by atoms with Crippen molar-refractivity contribution in [3.8, 4) is 0 Å². The van der Waals surface area contributed by atoms with E-state index in [2.05, 4.69) is 24.1 Å². The Balaban J connectivity index is 4.68. The van der Waals surface area contributed by atoms with Crippen molar-refractivity contribution < 1.29 is 9.53 Å². The average molecular weight is 258 g/mol. The lowest BCUT2D eigenvalue weighted by atomic mass is 10.0. The van der Waals surface area contributed by atoms with Gasteiger partial charge in [0, 0.05) is 6.54 Å². The van der Waals surface area contributed by atoms with E-state index in [0.29, 0.717) is 13.2 Å². The predicted octanol–water partition coefficient (Wildman–Crippen LogP) is 2.04. The molecule has 0 bridgehead atoms. The Bertz CT molecular complexity index is 228. The Hall–Kier alpha value is -0.610. The second kappa shape index (κ2) is 9.34. The van der Waals surface area contributed by atoms with Crippen molar-refractivity contribution in [3.63, 3.8) is 0 Å². The molecule has 0 amide bonds. The van der Waals surface area contributed by atoms with E-state index in [-0.39, 0.29) is 5.97 Å². The zero-order chi connectivity index (χ0) is 14.0. The number of likely N-dealkylation sites (N-methyl/N-ethyl adjacent to an activating group) is 1. The Morgan fingerprint density at radius 2 is 1.72 bits per heavy atom. The monoisotopic (exact) mass is 258 g/mol. The number of ether oxygens (including phenoxy) is 1. The number of esters is 1. The number of rotatable bonds is 10. The van der Waals surface area contributed by atoms with Gasteiger partial charge in [-0.2, -0.15) is 0 Å². The standard InChI is InChI=1S/C14H30N2O2/c1-6-10-16(11-7-2)12-14(5,15-8-3)13(17)18-9-4/h15H,6-12H2,1-5H3. The van der Waals surface area contributed by atoms with E-state index >= 15 is 0 Å². The van der Waals surface area contributed by atoms with E-state index in [9.17, 15) is 4.79 Å². The van der Waals surface area contributed by atoms with Crippen LogP contribution in [0.4, 0.5) is 0 Å². The molecule has 0 saturated carbocycles. The van der Waals surface area contributed by atoms with E-state index in [4.69, 9.17) is 4.74 Å². The van der Waals surface area contributed by atoms with Crippen LogP contribution in [0.3, 0.4) is 0 Å². The predicted molar refractivity (Wildman–Crippen MR) is 75.7 cm³/mol. The summed E-state index contributed by atoms with van der Waals surface area (Å²) in [5.41, 5.74) is -0.602. The molecule has 0 heterocycles. The number of carbonyl (C=O) groups excluding carboxylic acids is 1. The van der Waals surface area contributed by atoms with Crippen molar-refractivity contribution >= 4 is 5.97 Å². The Morgan fingerprint density at radius 1 is 1.17 bits per heavy atom. The van der Waals surface area contributed by atoms with Crippen LogP contribution in [-0.4, -0.2) is 49.2 Å². The minimum atomic E-state index is -0.602. The first-order valence-corrected chi connectivity index (χ1v) is 7.18. The summed E-state index contributed by atoms with van der Waals surface area (Å²) in [7, 11) is 0. The molecule has 0 saturated heterocycles. The van der Waals surface area contributed by atoms with Crippen LogP contribution in [-0.2, 0) is 9.53 Å². The summed E-state index contributed by atoms with van der Waals surface area (Å²) in [6.45, 7) is 14.1. The minimum absolute atomic E-state index is 0.149. The molecule has 0 rings (SSSR count). The van der Waals surface area contributed by atoms with Crippen molar-refractivity contribution in [2.75, 3.05) is 32.8 Å². The summed E-state index contributed by atoms with van der Waals surface area (Å²) in [6, 6.07) is 0. The third kappa shape index (κ3) is 5.83. The van der Waals surface area contributed by atoms with Crippen LogP contribution >= 0.6 is 0 Å². The maximum atomic E-state index is 12.1. The van der Waals surface area contributed by atoms with Crippen molar-refractivity contribution in [1.29, 1.82) is 0 Å². The zero-order valence-corrected chi connectivity index (χ0v) is 12.7. The zero-order valence-electron chi connectivity index (χ0n) is 12.7. The number of nitrogens with one attached hydrogen (secondary N) is 1. The second-order valence-electron chi connectivity index (χ2n) is 4.86. The molecule has 4 nitrogen and oxygen atoms in total. The van der Waals surface area contributed by atoms with Gasteiger partial charge in [-0.25, -0.2) is 0 Å². The fourth-order valence-corrected chi connectivity index (χ4v) is 2.22. The molecule has 0 aliphatic heterocycles. The molecule has 1 N–H and O–H groups in total. The first-order chi connectivity index (χ1) is 8.53. The van der Waals surface area contributed by atoms with Crippen molar-refractivity contribution in [2.45, 2.75) is 53.0 Å². The SMILES string of the molecule is CCCN(CCC)CC(C)(NCC)C(=O)OCC. The molecule has 0 fully saturated rings. The Kier molecular flexibility index (Phi) is 9.02. The maximum absolute atomic E-state index is 12.1.